The molecule has 102 valence electrons. The molecule has 0 aliphatic rings. The van der Waals surface area contributed by atoms with E-state index in [0.717, 1.165) is 0 Å². The molecule has 2 nitrogen and oxygen atoms in total. The normalized spacial score (nSPS) is 12.5. The van der Waals surface area contributed by atoms with Gasteiger partial charge >= 0.3 is 0 Å². The van der Waals surface area contributed by atoms with Crippen molar-refractivity contribution in [1.82, 2.24) is 0 Å². The number of aryl methyl sites for hydroxylation is 1. The second-order valence-electron chi connectivity index (χ2n) is 4.38. The van der Waals surface area contributed by atoms with Gasteiger partial charge in [0.15, 0.2) is 0 Å². The molecule has 19 heavy (non-hydrogen) atoms. The summed E-state index contributed by atoms with van der Waals surface area (Å²) in [6.45, 7) is 3.05. The third-order valence-electron chi connectivity index (χ3n) is 2.57. The second-order valence-corrected chi connectivity index (χ2v) is 6.50. The van der Waals surface area contributed by atoms with E-state index in [9.17, 15) is 5.11 Å². The van der Waals surface area contributed by atoms with E-state index in [0.29, 0.717) is 19.0 Å². The lowest BCUT2D eigenvalue weighted by molar-refractivity contribution is 0.0409. The summed E-state index contributed by atoms with van der Waals surface area (Å²) in [6.07, 6.45) is -0.425. The molecule has 2 rings (SSSR count). The van der Waals surface area contributed by atoms with Crippen LogP contribution in [0.4, 0.5) is 0 Å². The Morgan fingerprint density at radius 3 is 2.95 bits per heavy atom. The van der Waals surface area contributed by atoms with E-state index >= 15 is 0 Å². The van der Waals surface area contributed by atoms with Crippen LogP contribution in [0.1, 0.15) is 10.4 Å². The van der Waals surface area contributed by atoms with E-state index in [4.69, 9.17) is 4.74 Å². The molecule has 1 unspecified atom stereocenters. The lowest BCUT2D eigenvalue weighted by Crippen LogP contribution is -2.17. The van der Waals surface area contributed by atoms with Crippen molar-refractivity contribution in [3.8, 4) is 0 Å². The summed E-state index contributed by atoms with van der Waals surface area (Å²) < 4.78 is 5.50. The summed E-state index contributed by atoms with van der Waals surface area (Å²) in [7, 11) is 0. The molecule has 0 amide bonds. The highest BCUT2D eigenvalue weighted by atomic mass is 32.2. The van der Waals surface area contributed by atoms with E-state index in [1.54, 1.807) is 23.1 Å². The zero-order valence-electron chi connectivity index (χ0n) is 10.9. The van der Waals surface area contributed by atoms with Crippen LogP contribution >= 0.6 is 23.1 Å². The largest absolute Gasteiger partial charge is 0.390 e. The molecular weight excluding hydrogens is 276 g/mol. The van der Waals surface area contributed by atoms with E-state index in [1.807, 2.05) is 23.6 Å². The molecule has 0 saturated heterocycles. The van der Waals surface area contributed by atoms with Gasteiger partial charge in [0.05, 0.1) is 19.3 Å². The van der Waals surface area contributed by atoms with Crippen molar-refractivity contribution in [3.63, 3.8) is 0 Å². The topological polar surface area (TPSA) is 29.5 Å². The van der Waals surface area contributed by atoms with Gasteiger partial charge in [-0.2, -0.15) is 0 Å². The average molecular weight is 294 g/mol. The lowest BCUT2D eigenvalue weighted by Gasteiger charge is -2.10. The van der Waals surface area contributed by atoms with Crippen molar-refractivity contribution >= 4 is 23.1 Å². The SMILES string of the molecule is Cc1cccc(SCC(O)COCc2cccs2)c1. The Kier molecular flexibility index (Phi) is 5.92. The predicted molar refractivity (Wildman–Crippen MR) is 81.9 cm³/mol. The van der Waals surface area contributed by atoms with Gasteiger partial charge in [0.2, 0.25) is 0 Å². The zero-order chi connectivity index (χ0) is 13.5. The molecule has 2 aromatic rings. The Morgan fingerprint density at radius 2 is 2.21 bits per heavy atom. The molecule has 1 N–H and O–H groups in total. The van der Waals surface area contributed by atoms with Gasteiger partial charge in [-0.15, -0.1) is 23.1 Å². The molecular formula is C15H18O2S2. The first-order chi connectivity index (χ1) is 9.24. The van der Waals surface area contributed by atoms with E-state index in [-0.39, 0.29) is 0 Å². The van der Waals surface area contributed by atoms with Gasteiger partial charge in [0.25, 0.3) is 0 Å². The van der Waals surface area contributed by atoms with Crippen LogP contribution in [0.25, 0.3) is 0 Å². The molecule has 1 aromatic carbocycles. The van der Waals surface area contributed by atoms with Gasteiger partial charge in [-0.1, -0.05) is 23.8 Å². The maximum Gasteiger partial charge on any atom is 0.0867 e. The smallest absolute Gasteiger partial charge is 0.0867 e. The average Bonchev–Trinajstić information content (AvgIpc) is 2.90. The first-order valence-corrected chi connectivity index (χ1v) is 8.08. The van der Waals surface area contributed by atoms with Gasteiger partial charge in [-0.05, 0) is 30.5 Å². The van der Waals surface area contributed by atoms with Crippen LogP contribution < -0.4 is 0 Å². The van der Waals surface area contributed by atoms with E-state index < -0.39 is 6.10 Å². The van der Waals surface area contributed by atoms with Crippen LogP contribution in [-0.2, 0) is 11.3 Å². The third kappa shape index (κ3) is 5.37. The number of thioether (sulfide) groups is 1. The van der Waals surface area contributed by atoms with Gasteiger partial charge in [0.1, 0.15) is 0 Å². The minimum absolute atomic E-state index is 0.386. The third-order valence-corrected chi connectivity index (χ3v) is 4.56. The Bertz CT molecular complexity index is 483. The molecule has 1 atom stereocenters. The molecule has 1 heterocycles. The van der Waals surface area contributed by atoms with Crippen LogP contribution in [0.15, 0.2) is 46.7 Å². The van der Waals surface area contributed by atoms with Crippen molar-refractivity contribution in [1.29, 1.82) is 0 Å². The molecule has 0 radical (unpaired) electrons. The molecule has 0 bridgehead atoms. The van der Waals surface area contributed by atoms with Crippen LogP contribution in [0.2, 0.25) is 0 Å². The quantitative estimate of drug-likeness (QED) is 0.789. The Hall–Kier alpha value is -0.810. The number of rotatable bonds is 7. The predicted octanol–water partition coefficient (Wildman–Crippen LogP) is 3.73. The summed E-state index contributed by atoms with van der Waals surface area (Å²) in [6, 6.07) is 12.4. The van der Waals surface area contributed by atoms with Gasteiger partial charge in [-0.25, -0.2) is 0 Å². The maximum absolute atomic E-state index is 9.87. The van der Waals surface area contributed by atoms with Crippen molar-refractivity contribution in [2.45, 2.75) is 24.5 Å². The zero-order valence-corrected chi connectivity index (χ0v) is 12.5. The number of benzene rings is 1. The van der Waals surface area contributed by atoms with Crippen molar-refractivity contribution < 1.29 is 9.84 Å². The monoisotopic (exact) mass is 294 g/mol. The molecule has 1 aromatic heterocycles. The van der Waals surface area contributed by atoms with Crippen molar-refractivity contribution in [2.24, 2.45) is 0 Å². The highest BCUT2D eigenvalue weighted by Gasteiger charge is 2.06. The van der Waals surface area contributed by atoms with E-state index in [1.165, 1.54) is 15.3 Å². The summed E-state index contributed by atoms with van der Waals surface area (Å²) in [5, 5.41) is 11.9. The first-order valence-electron chi connectivity index (χ1n) is 6.21. The fraction of sp³-hybridized carbons (Fsp3) is 0.333. The summed E-state index contributed by atoms with van der Waals surface area (Å²) in [5.41, 5.74) is 1.24. The standard InChI is InChI=1S/C15H18O2S2/c1-12-4-2-5-14(8-12)19-11-13(16)9-17-10-15-6-3-7-18-15/h2-8,13,16H,9-11H2,1H3. The van der Waals surface area contributed by atoms with Crippen LogP contribution in [0, 0.1) is 6.92 Å². The Morgan fingerprint density at radius 1 is 1.32 bits per heavy atom. The van der Waals surface area contributed by atoms with Gasteiger partial charge in [0, 0.05) is 15.5 Å². The minimum Gasteiger partial charge on any atom is -0.390 e. The van der Waals surface area contributed by atoms with Gasteiger partial charge in [-0.3, -0.25) is 0 Å². The summed E-state index contributed by atoms with van der Waals surface area (Å²) in [5.74, 6) is 0.661. The maximum atomic E-state index is 9.87. The minimum atomic E-state index is -0.425. The number of hydrogen-bond donors (Lipinski definition) is 1. The summed E-state index contributed by atoms with van der Waals surface area (Å²) in [4.78, 5) is 2.39. The van der Waals surface area contributed by atoms with Crippen molar-refractivity contribution in [2.75, 3.05) is 12.4 Å². The second kappa shape index (κ2) is 7.70. The molecule has 0 saturated carbocycles. The highest BCUT2D eigenvalue weighted by Crippen LogP contribution is 2.20. The Balaban J connectivity index is 1.65. The number of aliphatic hydroxyl groups is 1. The highest BCUT2D eigenvalue weighted by molar-refractivity contribution is 7.99. The fourth-order valence-electron chi connectivity index (χ4n) is 1.64. The Labute approximate surface area is 122 Å². The van der Waals surface area contributed by atoms with Crippen molar-refractivity contribution in [3.05, 3.63) is 52.2 Å². The van der Waals surface area contributed by atoms with Crippen LogP contribution in [-0.4, -0.2) is 23.6 Å². The number of hydrogen-bond acceptors (Lipinski definition) is 4. The van der Waals surface area contributed by atoms with E-state index in [2.05, 4.69) is 25.1 Å². The number of aliphatic hydroxyl groups excluding tert-OH is 1. The summed E-state index contributed by atoms with van der Waals surface area (Å²) >= 11 is 3.34. The van der Waals surface area contributed by atoms with Gasteiger partial charge < -0.3 is 9.84 Å². The number of ether oxygens (including phenoxy) is 1. The molecule has 0 aliphatic heterocycles. The number of thiophene rings is 1. The molecule has 0 spiro atoms. The van der Waals surface area contributed by atoms with Crippen LogP contribution in [0.5, 0.6) is 0 Å². The fourth-order valence-corrected chi connectivity index (χ4v) is 3.20. The first kappa shape index (κ1) is 14.6. The van der Waals surface area contributed by atoms with Crippen LogP contribution in [0.3, 0.4) is 0 Å². The molecule has 0 aliphatic carbocycles. The molecule has 0 fully saturated rings. The lowest BCUT2D eigenvalue weighted by atomic mass is 10.2. The molecule has 4 heteroatoms.